The average molecular weight is 423 g/mol. The molecule has 0 aliphatic rings. The van der Waals surface area contributed by atoms with E-state index >= 15 is 0 Å². The molecular weight excluding hydrogens is 402 g/mol. The van der Waals surface area contributed by atoms with Crippen LogP contribution < -0.4 is 10.7 Å². The molecule has 0 atom stereocenters. The molecule has 0 saturated carbocycles. The summed E-state index contributed by atoms with van der Waals surface area (Å²) >= 11 is 0. The fourth-order valence-corrected chi connectivity index (χ4v) is 3.37. The van der Waals surface area contributed by atoms with E-state index in [1.165, 1.54) is 6.21 Å². The Labute approximate surface area is 185 Å². The fourth-order valence-electron chi connectivity index (χ4n) is 3.37. The maximum atomic E-state index is 12.4. The summed E-state index contributed by atoms with van der Waals surface area (Å²) in [6.07, 6.45) is 1.42. The van der Waals surface area contributed by atoms with E-state index in [1.54, 1.807) is 36.4 Å². The minimum atomic E-state index is -0.405. The number of carbonyl (C=O) groups is 2. The van der Waals surface area contributed by atoms with E-state index in [4.69, 9.17) is 0 Å². The molecule has 4 rings (SSSR count). The third-order valence-electron chi connectivity index (χ3n) is 5.10. The third kappa shape index (κ3) is 4.49. The molecule has 3 N–H and O–H groups in total. The number of nitrogens with one attached hydrogen (secondary N) is 2. The van der Waals surface area contributed by atoms with Gasteiger partial charge in [-0.1, -0.05) is 48.5 Å². The molecule has 4 aromatic rings. The lowest BCUT2D eigenvalue weighted by molar-refractivity contribution is 0.0954. The second-order valence-electron chi connectivity index (χ2n) is 7.27. The van der Waals surface area contributed by atoms with Gasteiger partial charge in [0.1, 0.15) is 5.75 Å². The molecule has 0 bridgehead atoms. The molecule has 158 valence electrons. The molecule has 0 aliphatic carbocycles. The van der Waals surface area contributed by atoms with E-state index < -0.39 is 5.91 Å². The lowest BCUT2D eigenvalue weighted by Crippen LogP contribution is -2.18. The number of amides is 2. The van der Waals surface area contributed by atoms with Gasteiger partial charge < -0.3 is 10.4 Å². The van der Waals surface area contributed by atoms with Crippen molar-refractivity contribution in [3.63, 3.8) is 0 Å². The van der Waals surface area contributed by atoms with Crippen molar-refractivity contribution in [3.05, 3.63) is 107 Å². The van der Waals surface area contributed by atoms with Crippen LogP contribution in [0.4, 0.5) is 5.69 Å². The summed E-state index contributed by atoms with van der Waals surface area (Å²) in [4.78, 5) is 24.8. The number of anilines is 1. The number of aryl methyl sites for hydroxylation is 1. The van der Waals surface area contributed by atoms with Gasteiger partial charge >= 0.3 is 0 Å². The molecule has 6 nitrogen and oxygen atoms in total. The van der Waals surface area contributed by atoms with Crippen molar-refractivity contribution in [3.8, 4) is 5.75 Å². The number of hydrogen-bond donors (Lipinski definition) is 3. The van der Waals surface area contributed by atoms with Crippen LogP contribution in [0.1, 0.15) is 31.8 Å². The molecule has 0 heterocycles. The van der Waals surface area contributed by atoms with Gasteiger partial charge in [-0.2, -0.15) is 5.10 Å². The highest BCUT2D eigenvalue weighted by molar-refractivity contribution is 6.06. The van der Waals surface area contributed by atoms with E-state index in [9.17, 15) is 14.7 Å². The minimum Gasteiger partial charge on any atom is -0.507 e. The second-order valence-corrected chi connectivity index (χ2v) is 7.27. The summed E-state index contributed by atoms with van der Waals surface area (Å²) in [5, 5.41) is 18.8. The Morgan fingerprint density at radius 3 is 2.34 bits per heavy atom. The first-order chi connectivity index (χ1) is 15.5. The monoisotopic (exact) mass is 423 g/mol. The quantitative estimate of drug-likeness (QED) is 0.316. The highest BCUT2D eigenvalue weighted by Crippen LogP contribution is 2.25. The Balaban J connectivity index is 1.42. The standard InChI is InChI=1S/C26H21N3O3/c1-17-6-2-4-8-21(17)26(32)28-20-13-10-19(11-14-20)25(31)29-27-16-23-22-9-5-3-7-18(22)12-15-24(23)30/h2-16,30H,1H3,(H,28,32)(H,29,31)/b27-16-. The molecule has 0 saturated heterocycles. The predicted octanol–water partition coefficient (Wildman–Crippen LogP) is 4.87. The number of benzene rings is 4. The summed E-state index contributed by atoms with van der Waals surface area (Å²) in [5.41, 5.74) is 5.44. The van der Waals surface area contributed by atoms with Crippen LogP contribution in [0.3, 0.4) is 0 Å². The lowest BCUT2D eigenvalue weighted by Gasteiger charge is -2.08. The zero-order chi connectivity index (χ0) is 22.5. The Bertz CT molecular complexity index is 1330. The molecule has 0 radical (unpaired) electrons. The zero-order valence-corrected chi connectivity index (χ0v) is 17.4. The zero-order valence-electron chi connectivity index (χ0n) is 17.4. The number of nitrogens with zero attached hydrogens (tertiary/aromatic N) is 1. The van der Waals surface area contributed by atoms with E-state index in [1.807, 2.05) is 55.5 Å². The molecule has 4 aromatic carbocycles. The molecule has 0 spiro atoms. The molecule has 0 unspecified atom stereocenters. The number of aromatic hydroxyl groups is 1. The van der Waals surface area contributed by atoms with Crippen molar-refractivity contribution in [2.75, 3.05) is 5.32 Å². The topological polar surface area (TPSA) is 90.8 Å². The molecule has 6 heteroatoms. The van der Waals surface area contributed by atoms with Crippen LogP contribution in [0.5, 0.6) is 5.75 Å². The third-order valence-corrected chi connectivity index (χ3v) is 5.10. The predicted molar refractivity (Wildman–Crippen MR) is 126 cm³/mol. The summed E-state index contributed by atoms with van der Waals surface area (Å²) in [6.45, 7) is 1.88. The number of phenols is 1. The first-order valence-electron chi connectivity index (χ1n) is 10.0. The number of carbonyl (C=O) groups excluding carboxylic acids is 2. The molecule has 0 aromatic heterocycles. The molecule has 0 aliphatic heterocycles. The number of fused-ring (bicyclic) bond motifs is 1. The molecular formula is C26H21N3O3. The van der Waals surface area contributed by atoms with E-state index in [0.29, 0.717) is 22.4 Å². The first kappa shape index (κ1) is 20.8. The lowest BCUT2D eigenvalue weighted by atomic mass is 10.0. The van der Waals surface area contributed by atoms with Gasteiger partial charge in [-0.3, -0.25) is 9.59 Å². The van der Waals surface area contributed by atoms with Gasteiger partial charge in [0.05, 0.1) is 6.21 Å². The Hall–Kier alpha value is -4.45. The molecule has 0 fully saturated rings. The van der Waals surface area contributed by atoms with Gasteiger partial charge in [-0.05, 0) is 59.7 Å². The van der Waals surface area contributed by atoms with Crippen molar-refractivity contribution in [1.29, 1.82) is 0 Å². The Morgan fingerprint density at radius 1 is 0.844 bits per heavy atom. The van der Waals surface area contributed by atoms with Crippen molar-refractivity contribution >= 4 is 34.5 Å². The van der Waals surface area contributed by atoms with Crippen molar-refractivity contribution in [2.24, 2.45) is 5.10 Å². The van der Waals surface area contributed by atoms with Crippen LogP contribution in [0.2, 0.25) is 0 Å². The maximum Gasteiger partial charge on any atom is 0.271 e. The molecule has 32 heavy (non-hydrogen) atoms. The van der Waals surface area contributed by atoms with E-state index in [-0.39, 0.29) is 11.7 Å². The normalized spacial score (nSPS) is 10.9. The number of hydrazone groups is 1. The number of rotatable bonds is 5. The summed E-state index contributed by atoms with van der Waals surface area (Å²) in [6, 6.07) is 24.9. The Kier molecular flexibility index (Phi) is 5.94. The maximum absolute atomic E-state index is 12.4. The van der Waals surface area contributed by atoms with Gasteiger partial charge in [0.2, 0.25) is 0 Å². The van der Waals surface area contributed by atoms with Gasteiger partial charge in [0.25, 0.3) is 11.8 Å². The van der Waals surface area contributed by atoms with Crippen LogP contribution >= 0.6 is 0 Å². The summed E-state index contributed by atoms with van der Waals surface area (Å²) < 4.78 is 0. The van der Waals surface area contributed by atoms with Crippen molar-refractivity contribution < 1.29 is 14.7 Å². The minimum absolute atomic E-state index is 0.0791. The van der Waals surface area contributed by atoms with E-state index in [0.717, 1.165) is 16.3 Å². The summed E-state index contributed by atoms with van der Waals surface area (Å²) in [7, 11) is 0. The first-order valence-corrected chi connectivity index (χ1v) is 10.0. The van der Waals surface area contributed by atoms with Crippen LogP contribution in [-0.4, -0.2) is 23.1 Å². The smallest absolute Gasteiger partial charge is 0.271 e. The SMILES string of the molecule is Cc1ccccc1C(=O)Nc1ccc(C(=O)N/N=C\c2c(O)ccc3ccccc23)cc1. The van der Waals surface area contributed by atoms with Crippen LogP contribution in [-0.2, 0) is 0 Å². The van der Waals surface area contributed by atoms with Crippen LogP contribution in [0.15, 0.2) is 90.0 Å². The highest BCUT2D eigenvalue weighted by atomic mass is 16.3. The van der Waals surface area contributed by atoms with Gasteiger partial charge in [-0.15, -0.1) is 0 Å². The van der Waals surface area contributed by atoms with Gasteiger partial charge in [0, 0.05) is 22.4 Å². The Morgan fingerprint density at radius 2 is 1.56 bits per heavy atom. The average Bonchev–Trinajstić information content (AvgIpc) is 2.81. The van der Waals surface area contributed by atoms with E-state index in [2.05, 4.69) is 15.8 Å². The second kappa shape index (κ2) is 9.14. The number of hydrogen-bond acceptors (Lipinski definition) is 4. The molecule has 2 amide bonds. The number of phenolic OH excluding ortho intramolecular Hbond substituents is 1. The van der Waals surface area contributed by atoms with Crippen LogP contribution in [0, 0.1) is 6.92 Å². The van der Waals surface area contributed by atoms with Gasteiger partial charge in [-0.25, -0.2) is 5.43 Å². The van der Waals surface area contributed by atoms with Crippen molar-refractivity contribution in [2.45, 2.75) is 6.92 Å². The fraction of sp³-hybridized carbons (Fsp3) is 0.0385. The largest absolute Gasteiger partial charge is 0.507 e. The highest BCUT2D eigenvalue weighted by Gasteiger charge is 2.10. The summed E-state index contributed by atoms with van der Waals surface area (Å²) in [5.74, 6) is -0.534. The van der Waals surface area contributed by atoms with Crippen molar-refractivity contribution in [1.82, 2.24) is 5.43 Å². The van der Waals surface area contributed by atoms with Crippen LogP contribution in [0.25, 0.3) is 10.8 Å². The van der Waals surface area contributed by atoms with Gasteiger partial charge in [0.15, 0.2) is 0 Å².